The Balaban J connectivity index is 1.39. The minimum atomic E-state index is -1.67. The van der Waals surface area contributed by atoms with Gasteiger partial charge in [0.2, 0.25) is 12.1 Å². The van der Waals surface area contributed by atoms with Gasteiger partial charge in [-0.25, -0.2) is 0 Å². The van der Waals surface area contributed by atoms with Gasteiger partial charge >= 0.3 is 0 Å². The van der Waals surface area contributed by atoms with E-state index in [4.69, 9.17) is 23.7 Å². The lowest BCUT2D eigenvalue weighted by Crippen LogP contribution is -2.65. The van der Waals surface area contributed by atoms with Crippen LogP contribution in [-0.4, -0.2) is 130 Å². The van der Waals surface area contributed by atoms with Crippen molar-refractivity contribution in [1.29, 1.82) is 0 Å². The second kappa shape index (κ2) is 12.3. The number of ether oxygens (including phenoxy) is 5. The molecule has 4 rings (SSSR count). The number of hydrogen-bond donors (Lipinski definition) is 7. The van der Waals surface area contributed by atoms with Crippen molar-refractivity contribution in [1.82, 2.24) is 5.32 Å². The number of nitrogens with one attached hydrogen (secondary N) is 1. The monoisotopic (exact) mass is 571 g/mol. The molecule has 11 unspecified atom stereocenters. The number of rotatable bonds is 9. The quantitative estimate of drug-likeness (QED) is 0.147. The summed E-state index contributed by atoms with van der Waals surface area (Å²) >= 11 is 0. The Morgan fingerprint density at radius 2 is 1.40 bits per heavy atom. The van der Waals surface area contributed by atoms with E-state index in [1.165, 1.54) is 7.11 Å². The van der Waals surface area contributed by atoms with Gasteiger partial charge in [-0.1, -0.05) is 26.0 Å². The number of aliphatic hydroxyl groups is 6. The molecule has 224 valence electrons. The second-order valence-corrected chi connectivity index (χ2v) is 10.8. The molecular formula is C26H37NO13. The van der Waals surface area contributed by atoms with Gasteiger partial charge in [-0.2, -0.15) is 0 Å². The van der Waals surface area contributed by atoms with Crippen LogP contribution in [0.3, 0.4) is 0 Å². The Hall–Kier alpha value is -2.24. The molecule has 3 heterocycles. The summed E-state index contributed by atoms with van der Waals surface area (Å²) in [5.41, 5.74) is -0.0286. The molecule has 3 aliphatic heterocycles. The van der Waals surface area contributed by atoms with E-state index in [1.54, 1.807) is 38.1 Å². The van der Waals surface area contributed by atoms with Gasteiger partial charge in [0.25, 0.3) is 5.91 Å². The van der Waals surface area contributed by atoms with E-state index >= 15 is 0 Å². The maximum Gasteiger partial charge on any atom is 0.288 e. The molecule has 40 heavy (non-hydrogen) atoms. The summed E-state index contributed by atoms with van der Waals surface area (Å²) in [5, 5.41) is 64.5. The molecule has 0 spiro atoms. The first-order valence-corrected chi connectivity index (χ1v) is 13.0. The molecular weight excluding hydrogens is 534 g/mol. The third kappa shape index (κ3) is 5.87. The fraction of sp³-hybridized carbons (Fsp3) is 0.692. The van der Waals surface area contributed by atoms with Gasteiger partial charge in [-0.15, -0.1) is 0 Å². The fourth-order valence-corrected chi connectivity index (χ4v) is 5.16. The van der Waals surface area contributed by atoms with Crippen molar-refractivity contribution < 1.29 is 63.9 Å². The first-order chi connectivity index (χ1) is 18.9. The van der Waals surface area contributed by atoms with Gasteiger partial charge in [0, 0.05) is 13.2 Å². The first-order valence-electron chi connectivity index (χ1n) is 13.0. The van der Waals surface area contributed by atoms with Crippen LogP contribution in [0, 0.1) is 5.41 Å². The number of methoxy groups -OCH3 is 1. The molecule has 0 bridgehead atoms. The molecule has 1 aromatic rings. The maximum atomic E-state index is 12.1. The first kappa shape index (κ1) is 30.7. The van der Waals surface area contributed by atoms with Crippen LogP contribution in [0.2, 0.25) is 0 Å². The topological polar surface area (TPSA) is 214 Å². The lowest BCUT2D eigenvalue weighted by molar-refractivity contribution is -0.353. The van der Waals surface area contributed by atoms with Gasteiger partial charge in [0.05, 0.1) is 18.6 Å². The number of benzene rings is 1. The van der Waals surface area contributed by atoms with Crippen LogP contribution in [0.15, 0.2) is 24.3 Å². The Bertz CT molecular complexity index is 1030. The Morgan fingerprint density at radius 3 is 1.95 bits per heavy atom. The molecule has 7 N–H and O–H groups in total. The molecule has 3 saturated heterocycles. The number of amides is 1. The van der Waals surface area contributed by atoms with E-state index in [2.05, 4.69) is 5.32 Å². The number of hydrogen-bond acceptors (Lipinski definition) is 13. The van der Waals surface area contributed by atoms with Crippen molar-refractivity contribution in [3.63, 3.8) is 0 Å². The summed E-state index contributed by atoms with van der Waals surface area (Å²) in [6, 6.07) is 6.25. The molecule has 11 atom stereocenters. The van der Waals surface area contributed by atoms with Gasteiger partial charge in [0.1, 0.15) is 54.6 Å². The minimum absolute atomic E-state index is 0.271. The Kier molecular flexibility index (Phi) is 9.46. The van der Waals surface area contributed by atoms with Crippen LogP contribution in [0.4, 0.5) is 0 Å². The summed E-state index contributed by atoms with van der Waals surface area (Å²) in [5.74, 6) is -0.800. The number of aliphatic hydroxyl groups excluding tert-OH is 6. The van der Waals surface area contributed by atoms with E-state index in [9.17, 15) is 40.2 Å². The van der Waals surface area contributed by atoms with Crippen molar-refractivity contribution in [3.05, 3.63) is 29.8 Å². The summed E-state index contributed by atoms with van der Waals surface area (Å²) in [7, 11) is 1.27. The average molecular weight is 572 g/mol. The predicted molar refractivity (Wildman–Crippen MR) is 133 cm³/mol. The van der Waals surface area contributed by atoms with E-state index in [0.717, 1.165) is 5.56 Å². The smallest absolute Gasteiger partial charge is 0.288 e. The van der Waals surface area contributed by atoms with Gasteiger partial charge < -0.3 is 59.6 Å². The highest BCUT2D eigenvalue weighted by atomic mass is 16.7. The van der Waals surface area contributed by atoms with Crippen LogP contribution in [0.25, 0.3) is 0 Å². The number of carbonyl (C=O) groups is 2. The van der Waals surface area contributed by atoms with Gasteiger partial charge in [-0.3, -0.25) is 9.59 Å². The molecule has 1 aromatic carbocycles. The van der Waals surface area contributed by atoms with E-state index in [0.29, 0.717) is 6.42 Å². The molecule has 14 nitrogen and oxygen atoms in total. The Labute approximate surface area is 230 Å². The third-order valence-corrected chi connectivity index (χ3v) is 7.79. The summed E-state index contributed by atoms with van der Waals surface area (Å²) < 4.78 is 27.6. The van der Waals surface area contributed by atoms with Crippen molar-refractivity contribution in [2.75, 3.05) is 20.3 Å². The third-order valence-electron chi connectivity index (χ3n) is 7.79. The fourth-order valence-electron chi connectivity index (χ4n) is 5.16. The zero-order chi connectivity index (χ0) is 29.4. The lowest BCUT2D eigenvalue weighted by Gasteiger charge is -2.46. The highest BCUT2D eigenvalue weighted by molar-refractivity contribution is 6.40. The summed E-state index contributed by atoms with van der Waals surface area (Å²) in [6.07, 6.45) is -13.7. The lowest BCUT2D eigenvalue weighted by atomic mass is 9.81. The van der Waals surface area contributed by atoms with Crippen molar-refractivity contribution in [3.8, 4) is 5.75 Å². The average Bonchev–Trinajstić information content (AvgIpc) is 3.13. The summed E-state index contributed by atoms with van der Waals surface area (Å²) in [4.78, 5) is 23.9. The normalized spacial score (nSPS) is 39.7. The maximum absolute atomic E-state index is 12.1. The largest absolute Gasteiger partial charge is 0.462 e. The van der Waals surface area contributed by atoms with Crippen molar-refractivity contribution >= 4 is 11.7 Å². The number of carbonyl (C=O) groups excluding carboxylic acids is 2. The second-order valence-electron chi connectivity index (χ2n) is 10.8. The molecule has 0 aliphatic carbocycles. The van der Waals surface area contributed by atoms with E-state index in [-0.39, 0.29) is 11.8 Å². The van der Waals surface area contributed by atoms with Crippen molar-refractivity contribution in [2.24, 2.45) is 5.41 Å². The molecule has 0 aromatic heterocycles. The van der Waals surface area contributed by atoms with Crippen LogP contribution < -0.4 is 10.1 Å². The highest BCUT2D eigenvalue weighted by Crippen LogP contribution is 2.32. The summed E-state index contributed by atoms with van der Waals surface area (Å²) in [6.45, 7) is 2.20. The number of Topliss-reactive ketones (excluding diaryl/α,β-unsaturated/α-hetero) is 1. The standard InChI is InChI=1S/C26H37NO13/c1-26(2)15(27-23(35)22(26)34)8-11-4-6-12(7-5-11)37-24-19(33)17(31)21(14(10-29)39-24)40-25-18(32)16(30)20(36-3)13(9-28)38-25/h4-7,13-21,24-25,28-33H,8-10H2,1-3H3,(H,27,35). The molecule has 3 aliphatic rings. The minimum Gasteiger partial charge on any atom is -0.462 e. The van der Waals surface area contributed by atoms with Crippen LogP contribution in [0.5, 0.6) is 5.75 Å². The SMILES string of the molecule is COC1C(CO)OC(OC2C(CO)OC(Oc3ccc(CC4NC(=O)C(=O)C4(C)C)cc3)C(O)C2O)C(O)C1O. The van der Waals surface area contributed by atoms with Gasteiger partial charge in [-0.05, 0) is 24.1 Å². The zero-order valence-corrected chi connectivity index (χ0v) is 22.3. The Morgan fingerprint density at radius 1 is 0.850 bits per heavy atom. The number of ketones is 1. The van der Waals surface area contributed by atoms with Crippen LogP contribution >= 0.6 is 0 Å². The van der Waals surface area contributed by atoms with Gasteiger partial charge in [0.15, 0.2) is 6.29 Å². The highest BCUT2D eigenvalue weighted by Gasteiger charge is 2.51. The van der Waals surface area contributed by atoms with Crippen LogP contribution in [0.1, 0.15) is 19.4 Å². The molecule has 0 radical (unpaired) electrons. The molecule has 1 amide bonds. The van der Waals surface area contributed by atoms with E-state index in [1.807, 2.05) is 0 Å². The predicted octanol–water partition coefficient (Wildman–Crippen LogP) is -3.02. The molecule has 14 heteroatoms. The van der Waals surface area contributed by atoms with E-state index < -0.39 is 91.7 Å². The van der Waals surface area contributed by atoms with Crippen LogP contribution in [-0.2, 0) is 35.0 Å². The molecule has 3 fully saturated rings. The zero-order valence-electron chi connectivity index (χ0n) is 22.3. The van der Waals surface area contributed by atoms with Crippen molar-refractivity contribution in [2.45, 2.75) is 87.7 Å². The molecule has 0 saturated carbocycles.